The van der Waals surface area contributed by atoms with Crippen LogP contribution in [0, 0.1) is 5.41 Å². The number of hydrogen-bond donors (Lipinski definition) is 3. The Morgan fingerprint density at radius 2 is 1.88 bits per heavy atom. The van der Waals surface area contributed by atoms with Gasteiger partial charge in [0.05, 0.1) is 26.4 Å². The molecule has 1 aromatic heterocycles. The van der Waals surface area contributed by atoms with E-state index in [0.29, 0.717) is 17.2 Å². The van der Waals surface area contributed by atoms with Crippen LogP contribution in [0.5, 0.6) is 0 Å². The van der Waals surface area contributed by atoms with Gasteiger partial charge in [-0.1, -0.05) is 23.2 Å². The minimum absolute atomic E-state index is 0.0945. The molecule has 1 aromatic carbocycles. The van der Waals surface area contributed by atoms with E-state index in [2.05, 4.69) is 5.10 Å². The van der Waals surface area contributed by atoms with Crippen molar-refractivity contribution >= 4 is 45.7 Å². The highest BCUT2D eigenvalue weighted by atomic mass is 35.5. The van der Waals surface area contributed by atoms with Crippen LogP contribution in [0.3, 0.4) is 0 Å². The summed E-state index contributed by atoms with van der Waals surface area (Å²) in [6.45, 7) is 0. The summed E-state index contributed by atoms with van der Waals surface area (Å²) in [5, 5.41) is 20.8. The number of amidine groups is 1. The van der Waals surface area contributed by atoms with Gasteiger partial charge in [0.25, 0.3) is 0 Å². The van der Waals surface area contributed by atoms with Crippen LogP contribution < -0.4 is 5.73 Å². The summed E-state index contributed by atoms with van der Waals surface area (Å²) < 4.78 is 51.5. The average Bonchev–Trinajstić information content (AvgIpc) is 2.82. The number of benzene rings is 1. The van der Waals surface area contributed by atoms with Crippen LogP contribution in [-0.2, 0) is 17.0 Å². The summed E-state index contributed by atoms with van der Waals surface area (Å²) in [6.07, 6.45) is -3.40. The molecule has 0 bridgehead atoms. The lowest BCUT2D eigenvalue weighted by Crippen LogP contribution is -2.24. The Balaban J connectivity index is 2.76. The molecule has 4 N–H and O–H groups in total. The second kappa shape index (κ2) is 7.06. The molecule has 13 heteroatoms. The van der Waals surface area contributed by atoms with Crippen LogP contribution in [-0.4, -0.2) is 43.4 Å². The van der Waals surface area contributed by atoms with Crippen molar-refractivity contribution in [2.75, 3.05) is 19.0 Å². The van der Waals surface area contributed by atoms with Crippen molar-refractivity contribution in [1.29, 1.82) is 5.41 Å². The topological polar surface area (TPSA) is 108 Å². The Bertz CT molecular complexity index is 891. The maximum Gasteiger partial charge on any atom is 0.416 e. The van der Waals surface area contributed by atoms with E-state index in [4.69, 9.17) is 34.3 Å². The lowest BCUT2D eigenvalue weighted by atomic mass is 10.2. The third kappa shape index (κ3) is 3.65. The van der Waals surface area contributed by atoms with Gasteiger partial charge in [-0.25, -0.2) is 9.75 Å². The quantitative estimate of drug-likeness (QED) is 0.394. The van der Waals surface area contributed by atoms with Crippen molar-refractivity contribution in [3.8, 4) is 5.69 Å². The largest absolute Gasteiger partial charge is 0.416 e. The van der Waals surface area contributed by atoms with Gasteiger partial charge in [-0.3, -0.25) is 14.8 Å². The Hall–Kier alpha value is -1.82. The molecule has 0 fully saturated rings. The van der Waals surface area contributed by atoms with Gasteiger partial charge in [-0.15, -0.1) is 0 Å². The van der Waals surface area contributed by atoms with Crippen LogP contribution in [0.15, 0.2) is 17.0 Å². The average molecular weight is 430 g/mol. The highest BCUT2D eigenvalue weighted by Gasteiger charge is 2.33. The Morgan fingerprint density at radius 1 is 1.38 bits per heavy atom. The number of halogens is 5. The van der Waals surface area contributed by atoms with Crippen LogP contribution in [0.4, 0.5) is 19.0 Å². The predicted octanol–water partition coefficient (Wildman–Crippen LogP) is 3.16. The first-order valence-electron chi connectivity index (χ1n) is 6.66. The number of nitrogens with one attached hydrogen (secondary N) is 1. The molecule has 0 radical (unpaired) electrons. The van der Waals surface area contributed by atoms with Gasteiger partial charge in [0.1, 0.15) is 22.1 Å². The van der Waals surface area contributed by atoms with E-state index in [1.165, 1.54) is 6.26 Å². The van der Waals surface area contributed by atoms with E-state index in [-0.39, 0.29) is 22.1 Å². The van der Waals surface area contributed by atoms with Gasteiger partial charge >= 0.3 is 6.18 Å². The van der Waals surface area contributed by atoms with Crippen LogP contribution in [0.25, 0.3) is 5.69 Å². The normalized spacial score (nSPS) is 12.9. The van der Waals surface area contributed by atoms with Crippen LogP contribution >= 0.6 is 23.2 Å². The van der Waals surface area contributed by atoms with Gasteiger partial charge < -0.3 is 5.73 Å². The fraction of sp³-hybridized carbons (Fsp3) is 0.231. The number of nitrogens with two attached hydrogens (primary N) is 1. The first-order chi connectivity index (χ1) is 11.9. The molecule has 2 aromatic rings. The number of hydrogen-bond acceptors (Lipinski definition) is 5. The SMILES string of the molecule is CN(O)C(=N)c1nn(-c2c(Cl)cc(C(F)(F)F)cc2Cl)c(N)c1S(C)=O. The van der Waals surface area contributed by atoms with E-state index in [1.54, 1.807) is 0 Å². The van der Waals surface area contributed by atoms with Crippen LogP contribution in [0.1, 0.15) is 11.3 Å². The monoisotopic (exact) mass is 429 g/mol. The molecular weight excluding hydrogens is 418 g/mol. The number of rotatable bonds is 3. The second-order valence-electron chi connectivity index (χ2n) is 5.09. The summed E-state index contributed by atoms with van der Waals surface area (Å²) >= 11 is 11.9. The molecule has 1 unspecified atom stereocenters. The van der Waals surface area contributed by atoms with Gasteiger partial charge in [0.2, 0.25) is 0 Å². The molecular formula is C13H12Cl2F3N5O2S. The molecule has 26 heavy (non-hydrogen) atoms. The summed E-state index contributed by atoms with van der Waals surface area (Å²) in [5.41, 5.74) is 4.43. The summed E-state index contributed by atoms with van der Waals surface area (Å²) in [6, 6.07) is 1.30. The minimum atomic E-state index is -4.66. The summed E-state index contributed by atoms with van der Waals surface area (Å²) in [4.78, 5) is -0.0945. The molecule has 142 valence electrons. The molecule has 0 aliphatic carbocycles. The van der Waals surface area contributed by atoms with E-state index in [1.807, 2.05) is 0 Å². The summed E-state index contributed by atoms with van der Waals surface area (Å²) in [7, 11) is -0.590. The Kier molecular flexibility index (Phi) is 5.57. The number of aromatic nitrogens is 2. The van der Waals surface area contributed by atoms with E-state index >= 15 is 0 Å². The number of nitrogen functional groups attached to an aromatic ring is 1. The number of nitrogens with zero attached hydrogens (tertiary/aromatic N) is 3. The van der Waals surface area contributed by atoms with Crippen molar-refractivity contribution < 1.29 is 22.6 Å². The van der Waals surface area contributed by atoms with Gasteiger partial charge in [-0.2, -0.15) is 18.3 Å². The molecule has 0 saturated carbocycles. The Morgan fingerprint density at radius 3 is 2.27 bits per heavy atom. The maximum atomic E-state index is 12.9. The minimum Gasteiger partial charge on any atom is -0.383 e. The molecule has 0 saturated heterocycles. The molecule has 1 heterocycles. The fourth-order valence-corrected chi connectivity index (χ4v) is 3.55. The van der Waals surface area contributed by atoms with Gasteiger partial charge in [-0.05, 0) is 12.1 Å². The lowest BCUT2D eigenvalue weighted by Gasteiger charge is -2.13. The molecule has 7 nitrogen and oxygen atoms in total. The zero-order chi connectivity index (χ0) is 20.0. The van der Waals surface area contributed by atoms with Crippen molar-refractivity contribution in [1.82, 2.24) is 14.8 Å². The smallest absolute Gasteiger partial charge is 0.383 e. The van der Waals surface area contributed by atoms with Crippen molar-refractivity contribution in [3.63, 3.8) is 0 Å². The Labute approximate surface area is 158 Å². The number of anilines is 1. The first-order valence-corrected chi connectivity index (χ1v) is 8.97. The fourth-order valence-electron chi connectivity index (χ4n) is 2.11. The third-order valence-corrected chi connectivity index (χ3v) is 4.82. The number of alkyl halides is 3. The molecule has 1 atom stereocenters. The van der Waals surface area contributed by atoms with E-state index in [9.17, 15) is 22.6 Å². The van der Waals surface area contributed by atoms with Crippen LogP contribution in [0.2, 0.25) is 10.0 Å². The van der Waals surface area contributed by atoms with Crippen molar-refractivity contribution in [3.05, 3.63) is 33.4 Å². The zero-order valence-corrected chi connectivity index (χ0v) is 15.6. The summed E-state index contributed by atoms with van der Waals surface area (Å²) in [5.74, 6) is -0.768. The van der Waals surface area contributed by atoms with Crippen molar-refractivity contribution in [2.45, 2.75) is 11.1 Å². The maximum absolute atomic E-state index is 12.9. The second-order valence-corrected chi connectivity index (χ2v) is 7.22. The van der Waals surface area contributed by atoms with Gasteiger partial charge in [0.15, 0.2) is 5.84 Å². The molecule has 0 aliphatic heterocycles. The standard InChI is InChI=1S/C13H12Cl2F3N5O2S/c1-22(24)11(19)8-10(26(2)25)12(20)23(21-8)9-6(14)3-5(4-7(9)15)13(16,17)18/h3-4,19,24H,20H2,1-2H3. The molecule has 2 rings (SSSR count). The molecule has 0 spiro atoms. The molecule has 0 aliphatic rings. The highest BCUT2D eigenvalue weighted by Crippen LogP contribution is 2.39. The van der Waals surface area contributed by atoms with Gasteiger partial charge in [0, 0.05) is 13.3 Å². The van der Waals surface area contributed by atoms with Crippen molar-refractivity contribution in [2.24, 2.45) is 0 Å². The highest BCUT2D eigenvalue weighted by molar-refractivity contribution is 7.84. The van der Waals surface area contributed by atoms with E-state index in [0.717, 1.165) is 11.7 Å². The third-order valence-electron chi connectivity index (χ3n) is 3.27. The molecule has 0 amide bonds. The predicted molar refractivity (Wildman–Crippen MR) is 91.7 cm³/mol. The first kappa shape index (κ1) is 20.5. The zero-order valence-electron chi connectivity index (χ0n) is 13.2. The number of hydroxylamine groups is 2. The lowest BCUT2D eigenvalue weighted by molar-refractivity contribution is -0.137. The van der Waals surface area contributed by atoms with E-state index < -0.39 is 38.4 Å².